The lowest BCUT2D eigenvalue weighted by Gasteiger charge is -2.10. The molecule has 0 aromatic rings. The van der Waals surface area contributed by atoms with Gasteiger partial charge in [-0.05, 0) is 19.4 Å². The molecule has 1 rings (SSSR count). The molecule has 0 aliphatic heterocycles. The number of hydrogen-bond acceptors (Lipinski definition) is 3. The van der Waals surface area contributed by atoms with Crippen LogP contribution in [-0.4, -0.2) is 28.4 Å². The van der Waals surface area contributed by atoms with Gasteiger partial charge < -0.3 is 9.16 Å². The van der Waals surface area contributed by atoms with Crippen molar-refractivity contribution in [3.63, 3.8) is 0 Å². The van der Waals surface area contributed by atoms with Crippen molar-refractivity contribution in [3.8, 4) is 0 Å². The van der Waals surface area contributed by atoms with Gasteiger partial charge in [0.15, 0.2) is 5.60 Å². The standard InChI is InChI=1S/C6H10O3Si/c1-8-5(7)6(3-4-6)9-10-2/h3-4H2,1-2H3. The largest absolute Gasteiger partial charge is 0.467 e. The summed E-state index contributed by atoms with van der Waals surface area (Å²) in [6.07, 6.45) is 1.64. The van der Waals surface area contributed by atoms with Gasteiger partial charge in [-0.15, -0.1) is 0 Å². The first-order valence-corrected chi connectivity index (χ1v) is 4.59. The molecule has 1 aliphatic rings. The summed E-state index contributed by atoms with van der Waals surface area (Å²) in [6.45, 7) is 1.91. The van der Waals surface area contributed by atoms with Crippen molar-refractivity contribution in [2.75, 3.05) is 7.11 Å². The fraction of sp³-hybridized carbons (Fsp3) is 0.833. The molecule has 1 aliphatic carbocycles. The third kappa shape index (κ3) is 1.22. The van der Waals surface area contributed by atoms with Crippen LogP contribution in [0.2, 0.25) is 6.55 Å². The maximum Gasteiger partial charge on any atom is 0.336 e. The topological polar surface area (TPSA) is 35.5 Å². The van der Waals surface area contributed by atoms with Gasteiger partial charge in [-0.1, -0.05) is 0 Å². The molecule has 0 aromatic carbocycles. The van der Waals surface area contributed by atoms with Crippen molar-refractivity contribution in [2.45, 2.75) is 25.0 Å². The molecule has 0 unspecified atom stereocenters. The average molecular weight is 158 g/mol. The molecule has 56 valence electrons. The van der Waals surface area contributed by atoms with Crippen LogP contribution in [0, 0.1) is 0 Å². The van der Waals surface area contributed by atoms with Crippen molar-refractivity contribution in [1.29, 1.82) is 0 Å². The maximum absolute atomic E-state index is 10.9. The molecule has 3 nitrogen and oxygen atoms in total. The number of esters is 1. The van der Waals surface area contributed by atoms with E-state index in [9.17, 15) is 4.79 Å². The molecule has 0 atom stereocenters. The van der Waals surface area contributed by atoms with E-state index in [-0.39, 0.29) is 5.97 Å². The van der Waals surface area contributed by atoms with Crippen LogP contribution in [0.15, 0.2) is 0 Å². The van der Waals surface area contributed by atoms with Gasteiger partial charge in [0.2, 0.25) is 9.76 Å². The van der Waals surface area contributed by atoms with E-state index in [1.54, 1.807) is 0 Å². The van der Waals surface area contributed by atoms with Gasteiger partial charge in [-0.2, -0.15) is 0 Å². The molecule has 2 radical (unpaired) electrons. The fourth-order valence-corrected chi connectivity index (χ4v) is 1.52. The average Bonchev–Trinajstić information content (AvgIpc) is 2.69. The van der Waals surface area contributed by atoms with E-state index in [1.807, 2.05) is 6.55 Å². The molecule has 0 aromatic heterocycles. The Labute approximate surface area is 62.6 Å². The maximum atomic E-state index is 10.9. The van der Waals surface area contributed by atoms with Crippen LogP contribution in [0.4, 0.5) is 0 Å². The van der Waals surface area contributed by atoms with E-state index in [1.165, 1.54) is 7.11 Å². The Morgan fingerprint density at radius 2 is 2.20 bits per heavy atom. The highest BCUT2D eigenvalue weighted by atomic mass is 28.2. The molecule has 0 bridgehead atoms. The smallest absolute Gasteiger partial charge is 0.336 e. The minimum Gasteiger partial charge on any atom is -0.467 e. The first-order valence-electron chi connectivity index (χ1n) is 3.18. The minimum absolute atomic E-state index is 0.221. The molecule has 1 saturated carbocycles. The molecule has 0 amide bonds. The molecule has 0 saturated heterocycles. The number of ether oxygens (including phenoxy) is 1. The summed E-state index contributed by atoms with van der Waals surface area (Å²) in [7, 11) is 1.76. The highest BCUT2D eigenvalue weighted by molar-refractivity contribution is 6.25. The zero-order chi connectivity index (χ0) is 7.61. The Morgan fingerprint density at radius 1 is 1.60 bits per heavy atom. The Balaban J connectivity index is 2.43. The van der Waals surface area contributed by atoms with E-state index in [0.717, 1.165) is 12.8 Å². The number of hydrogen-bond donors (Lipinski definition) is 0. The number of rotatable bonds is 3. The van der Waals surface area contributed by atoms with Crippen LogP contribution in [0.3, 0.4) is 0 Å². The van der Waals surface area contributed by atoms with Gasteiger partial charge in [-0.3, -0.25) is 0 Å². The zero-order valence-corrected chi connectivity index (χ0v) is 7.14. The Bertz CT molecular complexity index is 142. The lowest BCUT2D eigenvalue weighted by molar-refractivity contribution is -0.151. The summed E-state index contributed by atoms with van der Waals surface area (Å²) in [4.78, 5) is 10.9. The predicted molar refractivity (Wildman–Crippen MR) is 36.7 cm³/mol. The van der Waals surface area contributed by atoms with Gasteiger partial charge >= 0.3 is 5.97 Å². The van der Waals surface area contributed by atoms with Gasteiger partial charge in [0.25, 0.3) is 0 Å². The monoisotopic (exact) mass is 158 g/mol. The lowest BCUT2D eigenvalue weighted by atomic mass is 10.4. The fourth-order valence-electron chi connectivity index (χ4n) is 0.843. The van der Waals surface area contributed by atoms with Crippen LogP contribution >= 0.6 is 0 Å². The Hall–Kier alpha value is -0.353. The first kappa shape index (κ1) is 7.75. The van der Waals surface area contributed by atoms with E-state index in [2.05, 4.69) is 4.74 Å². The highest BCUT2D eigenvalue weighted by Crippen LogP contribution is 2.40. The van der Waals surface area contributed by atoms with E-state index < -0.39 is 5.60 Å². The van der Waals surface area contributed by atoms with Crippen LogP contribution < -0.4 is 0 Å². The summed E-state index contributed by atoms with van der Waals surface area (Å²) in [6, 6.07) is 0. The van der Waals surface area contributed by atoms with Crippen molar-refractivity contribution in [2.24, 2.45) is 0 Å². The molecule has 10 heavy (non-hydrogen) atoms. The second-order valence-corrected chi connectivity index (χ2v) is 2.90. The van der Waals surface area contributed by atoms with Crippen molar-refractivity contribution in [1.82, 2.24) is 0 Å². The van der Waals surface area contributed by atoms with Crippen LogP contribution in [0.5, 0.6) is 0 Å². The van der Waals surface area contributed by atoms with E-state index in [4.69, 9.17) is 4.43 Å². The van der Waals surface area contributed by atoms with Crippen molar-refractivity contribution < 1.29 is 14.0 Å². The second kappa shape index (κ2) is 2.71. The summed E-state index contributed by atoms with van der Waals surface area (Å²) in [5, 5.41) is 0. The van der Waals surface area contributed by atoms with Crippen molar-refractivity contribution in [3.05, 3.63) is 0 Å². The molecule has 0 spiro atoms. The number of methoxy groups -OCH3 is 1. The number of carbonyl (C=O) groups is 1. The summed E-state index contributed by atoms with van der Waals surface area (Å²) in [5.74, 6) is -0.221. The van der Waals surface area contributed by atoms with Gasteiger partial charge in [0.1, 0.15) is 0 Å². The molecule has 0 heterocycles. The summed E-state index contributed by atoms with van der Waals surface area (Å²) in [5.41, 5.74) is -0.540. The van der Waals surface area contributed by atoms with Gasteiger partial charge in [0.05, 0.1) is 7.11 Å². The summed E-state index contributed by atoms with van der Waals surface area (Å²) < 4.78 is 9.82. The Kier molecular flexibility index (Phi) is 2.10. The third-order valence-corrected chi connectivity index (χ3v) is 2.15. The van der Waals surface area contributed by atoms with E-state index in [0.29, 0.717) is 9.76 Å². The second-order valence-electron chi connectivity index (χ2n) is 2.29. The minimum atomic E-state index is -0.540. The lowest BCUT2D eigenvalue weighted by Crippen LogP contribution is -2.28. The molecule has 1 fully saturated rings. The van der Waals surface area contributed by atoms with Crippen molar-refractivity contribution >= 4 is 15.7 Å². The normalized spacial score (nSPS) is 20.2. The summed E-state index contributed by atoms with van der Waals surface area (Å²) >= 11 is 0. The first-order chi connectivity index (χ1) is 4.75. The van der Waals surface area contributed by atoms with Gasteiger partial charge in [-0.25, -0.2) is 4.79 Å². The van der Waals surface area contributed by atoms with Gasteiger partial charge in [0, 0.05) is 0 Å². The molecule has 0 N–H and O–H groups in total. The Morgan fingerprint density at radius 3 is 2.50 bits per heavy atom. The quantitative estimate of drug-likeness (QED) is 0.440. The van der Waals surface area contributed by atoms with E-state index >= 15 is 0 Å². The SMILES string of the molecule is COC(=O)C1(O[Si]C)CC1. The predicted octanol–water partition coefficient (Wildman–Crippen LogP) is 0.376. The van der Waals surface area contributed by atoms with Crippen LogP contribution in [0.1, 0.15) is 12.8 Å². The number of carbonyl (C=O) groups excluding carboxylic acids is 1. The molecular weight excluding hydrogens is 148 g/mol. The highest BCUT2D eigenvalue weighted by Gasteiger charge is 2.51. The zero-order valence-electron chi connectivity index (χ0n) is 6.14. The molecular formula is C6H10O3Si. The van der Waals surface area contributed by atoms with Crippen LogP contribution in [-0.2, 0) is 14.0 Å². The molecule has 4 heteroatoms. The van der Waals surface area contributed by atoms with Crippen LogP contribution in [0.25, 0.3) is 0 Å². The third-order valence-electron chi connectivity index (χ3n) is 1.56.